The summed E-state index contributed by atoms with van der Waals surface area (Å²) in [7, 11) is 0. The second kappa shape index (κ2) is 7.33. The highest BCUT2D eigenvalue weighted by Gasteiger charge is 2.27. The van der Waals surface area contributed by atoms with E-state index in [1.54, 1.807) is 12.1 Å². The molecular formula is C21H24N3O4+. The van der Waals surface area contributed by atoms with Gasteiger partial charge in [-0.2, -0.15) is 0 Å². The van der Waals surface area contributed by atoms with Crippen LogP contribution in [0.4, 0.5) is 5.82 Å². The first-order valence-electron chi connectivity index (χ1n) is 9.53. The lowest BCUT2D eigenvalue weighted by Crippen LogP contribution is -3.16. The standard InChI is InChI=1S/C21H23N3O4/c1-12-8-17(22-18(25)11-24-9-13(2)27-14(3)10-24)23-20-15-6-4-5-7-16(15)28-21(26)19(12)20/h4-8,13-14H,9-11H2,1-3H3,(H,22,23,25)/p+1/t13-,14+. The summed E-state index contributed by atoms with van der Waals surface area (Å²) >= 11 is 0. The van der Waals surface area contributed by atoms with Crippen molar-refractivity contribution in [2.45, 2.75) is 33.0 Å². The first kappa shape index (κ1) is 18.6. The summed E-state index contributed by atoms with van der Waals surface area (Å²) in [5.74, 6) is 0.342. The molecule has 1 aliphatic rings. The molecule has 1 amide bonds. The third kappa shape index (κ3) is 3.63. The number of quaternary nitrogens is 1. The average molecular weight is 382 g/mol. The van der Waals surface area contributed by atoms with E-state index in [9.17, 15) is 9.59 Å². The van der Waals surface area contributed by atoms with Crippen molar-refractivity contribution < 1.29 is 18.8 Å². The van der Waals surface area contributed by atoms with Crippen molar-refractivity contribution in [2.24, 2.45) is 0 Å². The fourth-order valence-corrected chi connectivity index (χ4v) is 4.04. The number of carbonyl (C=O) groups excluding carboxylic acids is 1. The number of amides is 1. The SMILES string of the molecule is Cc1cc(NC(=O)C[NH+]2C[C@@H](C)O[C@@H](C)C2)nc2c1c(=O)oc1ccccc12. The van der Waals surface area contributed by atoms with Crippen LogP contribution in [0.2, 0.25) is 0 Å². The van der Waals surface area contributed by atoms with Gasteiger partial charge in [-0.25, -0.2) is 9.78 Å². The first-order chi connectivity index (χ1) is 13.4. The fraction of sp³-hybridized carbons (Fsp3) is 0.381. The van der Waals surface area contributed by atoms with Crippen LogP contribution >= 0.6 is 0 Å². The zero-order chi connectivity index (χ0) is 19.8. The monoisotopic (exact) mass is 382 g/mol. The summed E-state index contributed by atoms with van der Waals surface area (Å²) in [5, 5.41) is 4.08. The molecule has 3 atom stereocenters. The number of hydrogen-bond donors (Lipinski definition) is 2. The normalized spacial score (nSPS) is 22.5. The van der Waals surface area contributed by atoms with Crippen LogP contribution in [0.25, 0.3) is 21.9 Å². The van der Waals surface area contributed by atoms with Gasteiger partial charge in [0.1, 0.15) is 36.7 Å². The van der Waals surface area contributed by atoms with Crippen molar-refractivity contribution in [3.63, 3.8) is 0 Å². The van der Waals surface area contributed by atoms with Crippen molar-refractivity contribution >= 4 is 33.6 Å². The van der Waals surface area contributed by atoms with Gasteiger partial charge < -0.3 is 19.4 Å². The number of ether oxygens (including phenoxy) is 1. The number of anilines is 1. The van der Waals surface area contributed by atoms with Crippen molar-refractivity contribution in [1.82, 2.24) is 4.98 Å². The minimum atomic E-state index is -0.419. The largest absolute Gasteiger partial charge is 0.422 e. The summed E-state index contributed by atoms with van der Waals surface area (Å²) in [6.07, 6.45) is 0.274. The molecule has 3 aromatic rings. The van der Waals surface area contributed by atoms with Crippen molar-refractivity contribution in [1.29, 1.82) is 0 Å². The predicted molar refractivity (Wildman–Crippen MR) is 107 cm³/mol. The molecule has 1 saturated heterocycles. The smallest absolute Gasteiger partial charge is 0.346 e. The first-order valence-corrected chi connectivity index (χ1v) is 9.53. The topological polar surface area (TPSA) is 85.9 Å². The minimum Gasteiger partial charge on any atom is -0.422 e. The highest BCUT2D eigenvalue weighted by molar-refractivity contribution is 6.04. The molecule has 1 aliphatic heterocycles. The van der Waals surface area contributed by atoms with Gasteiger partial charge in [0.25, 0.3) is 5.91 Å². The molecule has 3 heterocycles. The highest BCUT2D eigenvalue weighted by Crippen LogP contribution is 2.25. The highest BCUT2D eigenvalue weighted by atomic mass is 16.5. The summed E-state index contributed by atoms with van der Waals surface area (Å²) in [4.78, 5) is 30.7. The average Bonchev–Trinajstić information content (AvgIpc) is 2.60. The number of fused-ring (bicyclic) bond motifs is 3. The zero-order valence-corrected chi connectivity index (χ0v) is 16.2. The molecule has 1 unspecified atom stereocenters. The van der Waals surface area contributed by atoms with Crippen molar-refractivity contribution in [3.05, 3.63) is 46.3 Å². The number of pyridine rings is 1. The summed E-state index contributed by atoms with van der Waals surface area (Å²) in [5.41, 5.74) is 1.33. The van der Waals surface area contributed by atoms with Crippen LogP contribution < -0.4 is 15.8 Å². The lowest BCUT2D eigenvalue weighted by atomic mass is 10.1. The third-order valence-corrected chi connectivity index (χ3v) is 5.06. The number of carbonyl (C=O) groups is 1. The molecule has 0 bridgehead atoms. The Balaban J connectivity index is 1.63. The van der Waals surface area contributed by atoms with E-state index in [2.05, 4.69) is 10.3 Å². The number of aromatic nitrogens is 1. The number of nitrogens with one attached hydrogen (secondary N) is 2. The third-order valence-electron chi connectivity index (χ3n) is 5.06. The summed E-state index contributed by atoms with van der Waals surface area (Å²) in [6, 6.07) is 8.99. The van der Waals surface area contributed by atoms with E-state index in [0.717, 1.165) is 24.0 Å². The van der Waals surface area contributed by atoms with E-state index in [4.69, 9.17) is 9.15 Å². The van der Waals surface area contributed by atoms with Gasteiger partial charge in [-0.15, -0.1) is 0 Å². The molecule has 0 saturated carbocycles. The Morgan fingerprint density at radius 1 is 1.25 bits per heavy atom. The number of hydrogen-bond acceptors (Lipinski definition) is 5. The van der Waals surface area contributed by atoms with E-state index < -0.39 is 5.63 Å². The van der Waals surface area contributed by atoms with Crippen LogP contribution in [0.1, 0.15) is 19.4 Å². The molecule has 1 aromatic carbocycles. The van der Waals surface area contributed by atoms with Crippen molar-refractivity contribution in [2.75, 3.05) is 25.0 Å². The predicted octanol–water partition coefficient (Wildman–Crippen LogP) is 1.28. The summed E-state index contributed by atoms with van der Waals surface area (Å²) < 4.78 is 11.1. The fourth-order valence-electron chi connectivity index (χ4n) is 4.04. The maximum atomic E-state index is 12.6. The number of aryl methyl sites for hydroxylation is 1. The van der Waals surface area contributed by atoms with Crippen LogP contribution in [0, 0.1) is 6.92 Å². The van der Waals surface area contributed by atoms with Crippen LogP contribution in [-0.4, -0.2) is 42.7 Å². The van der Waals surface area contributed by atoms with Crippen molar-refractivity contribution in [3.8, 4) is 0 Å². The molecule has 2 aromatic heterocycles. The Hall–Kier alpha value is -2.77. The van der Waals surface area contributed by atoms with Crippen LogP contribution in [0.5, 0.6) is 0 Å². The minimum absolute atomic E-state index is 0.102. The molecule has 4 rings (SSSR count). The van der Waals surface area contributed by atoms with Crippen LogP contribution in [-0.2, 0) is 9.53 Å². The quantitative estimate of drug-likeness (QED) is 0.527. The van der Waals surface area contributed by atoms with E-state index in [-0.39, 0.29) is 18.1 Å². The number of morpholine rings is 1. The molecule has 7 heteroatoms. The van der Waals surface area contributed by atoms with Gasteiger partial charge in [0.15, 0.2) is 6.54 Å². The Bertz CT molecular complexity index is 1100. The van der Waals surface area contributed by atoms with E-state index >= 15 is 0 Å². The van der Waals surface area contributed by atoms with Gasteiger partial charge in [0.05, 0.1) is 10.9 Å². The maximum Gasteiger partial charge on any atom is 0.346 e. The number of benzene rings is 1. The lowest BCUT2D eigenvalue weighted by molar-refractivity contribution is -0.907. The van der Waals surface area contributed by atoms with Gasteiger partial charge in [-0.05, 0) is 44.5 Å². The summed E-state index contributed by atoms with van der Waals surface area (Å²) in [6.45, 7) is 7.83. The van der Waals surface area contributed by atoms with E-state index in [0.29, 0.717) is 28.8 Å². The van der Waals surface area contributed by atoms with E-state index in [1.165, 1.54) is 4.90 Å². The van der Waals surface area contributed by atoms with Gasteiger partial charge >= 0.3 is 5.63 Å². The molecule has 0 aliphatic carbocycles. The maximum absolute atomic E-state index is 12.6. The Morgan fingerprint density at radius 2 is 1.96 bits per heavy atom. The molecule has 2 N–H and O–H groups in total. The van der Waals surface area contributed by atoms with E-state index in [1.807, 2.05) is 39.0 Å². The molecule has 28 heavy (non-hydrogen) atoms. The molecular weight excluding hydrogens is 358 g/mol. The van der Waals surface area contributed by atoms with Gasteiger partial charge in [-0.1, -0.05) is 12.1 Å². The molecule has 7 nitrogen and oxygen atoms in total. The van der Waals surface area contributed by atoms with Gasteiger partial charge in [0.2, 0.25) is 0 Å². The lowest BCUT2D eigenvalue weighted by Gasteiger charge is -2.31. The Kier molecular flexibility index (Phi) is 4.87. The van der Waals surface area contributed by atoms with Gasteiger partial charge in [0, 0.05) is 5.39 Å². The van der Waals surface area contributed by atoms with Crippen LogP contribution in [0.15, 0.2) is 39.5 Å². The second-order valence-corrected chi connectivity index (χ2v) is 7.57. The number of nitrogens with zero attached hydrogens (tertiary/aromatic N) is 1. The van der Waals surface area contributed by atoms with Gasteiger partial charge in [-0.3, -0.25) is 4.79 Å². The molecule has 1 fully saturated rings. The second-order valence-electron chi connectivity index (χ2n) is 7.57. The number of para-hydroxylation sites is 1. The van der Waals surface area contributed by atoms with Crippen LogP contribution in [0.3, 0.4) is 0 Å². The Morgan fingerprint density at radius 3 is 2.71 bits per heavy atom. The number of rotatable bonds is 3. The molecule has 0 spiro atoms. The molecule has 146 valence electrons. The molecule has 0 radical (unpaired) electrons. The Labute approximate surface area is 162 Å². The zero-order valence-electron chi connectivity index (χ0n) is 16.2.